The molecule has 1 heterocycles. The van der Waals surface area contributed by atoms with E-state index in [-0.39, 0.29) is 11.0 Å². The third-order valence-corrected chi connectivity index (χ3v) is 3.81. The largest absolute Gasteiger partial charge is 0.300 e. The van der Waals surface area contributed by atoms with E-state index in [0.717, 1.165) is 0 Å². The summed E-state index contributed by atoms with van der Waals surface area (Å²) in [5.41, 5.74) is 0.553. The second-order valence-electron chi connectivity index (χ2n) is 5.31. The highest BCUT2D eigenvalue weighted by atomic mass is 35.5. The van der Waals surface area contributed by atoms with E-state index in [9.17, 15) is 8.42 Å². The highest BCUT2D eigenvalue weighted by Crippen LogP contribution is 2.21. The number of benzene rings is 1. The van der Waals surface area contributed by atoms with E-state index >= 15 is 0 Å². The Morgan fingerprint density at radius 1 is 1.10 bits per heavy atom. The van der Waals surface area contributed by atoms with Crippen LogP contribution < -0.4 is 9.44 Å². The minimum Gasteiger partial charge on any atom is -0.252 e. The molecule has 108 valence electrons. The third-order valence-electron chi connectivity index (χ3n) is 2.20. The first-order chi connectivity index (χ1) is 9.16. The SMILES string of the molecule is CC(C)(C)NS(=O)(=O)Nc1nc2ccccc2nc1Cl. The Bertz CT molecular complexity index is 741. The summed E-state index contributed by atoms with van der Waals surface area (Å²) in [5, 5.41) is 0.00276. The number of rotatable bonds is 3. The molecule has 0 saturated heterocycles. The Balaban J connectivity index is 2.36. The van der Waals surface area contributed by atoms with Crippen molar-refractivity contribution in [1.82, 2.24) is 14.7 Å². The molecule has 0 saturated carbocycles. The number of fused-ring (bicyclic) bond motifs is 1. The number of nitrogens with zero attached hydrogens (tertiary/aromatic N) is 2. The molecule has 0 radical (unpaired) electrons. The molecular formula is C12H15ClN4O2S. The zero-order valence-electron chi connectivity index (χ0n) is 11.3. The fourth-order valence-corrected chi connectivity index (χ4v) is 3.09. The van der Waals surface area contributed by atoms with Gasteiger partial charge >= 0.3 is 10.2 Å². The molecular weight excluding hydrogens is 300 g/mol. The van der Waals surface area contributed by atoms with Crippen LogP contribution in [0.3, 0.4) is 0 Å². The van der Waals surface area contributed by atoms with Gasteiger partial charge in [0.05, 0.1) is 11.0 Å². The first-order valence-corrected chi connectivity index (χ1v) is 7.76. The average Bonchev–Trinajstić information content (AvgIpc) is 2.26. The summed E-state index contributed by atoms with van der Waals surface area (Å²) in [4.78, 5) is 8.27. The lowest BCUT2D eigenvalue weighted by Gasteiger charge is -2.20. The van der Waals surface area contributed by atoms with Crippen molar-refractivity contribution in [3.63, 3.8) is 0 Å². The van der Waals surface area contributed by atoms with E-state index in [1.54, 1.807) is 45.0 Å². The predicted molar refractivity (Wildman–Crippen MR) is 80.0 cm³/mol. The quantitative estimate of drug-likeness (QED) is 0.910. The lowest BCUT2D eigenvalue weighted by molar-refractivity contribution is 0.494. The molecule has 1 aromatic heterocycles. The maximum atomic E-state index is 12.0. The van der Waals surface area contributed by atoms with E-state index in [4.69, 9.17) is 11.6 Å². The minimum absolute atomic E-state index is 0.00196. The number of para-hydroxylation sites is 2. The Morgan fingerprint density at radius 3 is 2.20 bits per heavy atom. The lowest BCUT2D eigenvalue weighted by atomic mass is 10.1. The van der Waals surface area contributed by atoms with E-state index < -0.39 is 15.7 Å². The minimum atomic E-state index is -3.77. The van der Waals surface area contributed by atoms with Gasteiger partial charge in [-0.2, -0.15) is 13.1 Å². The fraction of sp³-hybridized carbons (Fsp3) is 0.333. The van der Waals surface area contributed by atoms with E-state index in [2.05, 4.69) is 19.4 Å². The molecule has 0 amide bonds. The predicted octanol–water partition coefficient (Wildman–Crippen LogP) is 2.33. The van der Waals surface area contributed by atoms with Gasteiger partial charge in [-0.25, -0.2) is 9.97 Å². The maximum absolute atomic E-state index is 12.0. The second kappa shape index (κ2) is 5.16. The number of aromatic nitrogens is 2. The van der Waals surface area contributed by atoms with Crippen LogP contribution in [-0.4, -0.2) is 23.9 Å². The summed E-state index contributed by atoms with van der Waals surface area (Å²) in [5.74, 6) is 0.00196. The first kappa shape index (κ1) is 15.0. The van der Waals surface area contributed by atoms with Crippen molar-refractivity contribution in [2.24, 2.45) is 0 Å². The Labute approximate surface area is 122 Å². The van der Waals surface area contributed by atoms with Gasteiger partial charge in [0.2, 0.25) is 0 Å². The molecule has 0 atom stereocenters. The van der Waals surface area contributed by atoms with Gasteiger partial charge in [0.25, 0.3) is 0 Å². The molecule has 0 aliphatic carbocycles. The van der Waals surface area contributed by atoms with Crippen molar-refractivity contribution in [1.29, 1.82) is 0 Å². The number of halogens is 1. The zero-order valence-corrected chi connectivity index (χ0v) is 12.9. The van der Waals surface area contributed by atoms with Crippen LogP contribution in [0.15, 0.2) is 24.3 Å². The van der Waals surface area contributed by atoms with E-state index in [1.807, 2.05) is 0 Å². The molecule has 0 spiro atoms. The van der Waals surface area contributed by atoms with Crippen LogP contribution in [0.1, 0.15) is 20.8 Å². The molecule has 2 aromatic rings. The van der Waals surface area contributed by atoms with Crippen LogP contribution in [0.4, 0.5) is 5.82 Å². The van der Waals surface area contributed by atoms with Crippen LogP contribution in [0.5, 0.6) is 0 Å². The Kier molecular flexibility index (Phi) is 3.86. The maximum Gasteiger partial charge on any atom is 0.300 e. The Morgan fingerprint density at radius 2 is 1.65 bits per heavy atom. The molecule has 0 aliphatic heterocycles. The van der Waals surface area contributed by atoms with Gasteiger partial charge in [-0.15, -0.1) is 0 Å². The number of hydrogen-bond acceptors (Lipinski definition) is 4. The molecule has 8 heteroatoms. The van der Waals surface area contributed by atoms with Gasteiger partial charge in [0.15, 0.2) is 11.0 Å². The molecule has 2 N–H and O–H groups in total. The molecule has 0 fully saturated rings. The number of nitrogens with one attached hydrogen (secondary N) is 2. The summed E-state index contributed by atoms with van der Waals surface area (Å²) in [6, 6.07) is 7.07. The normalized spacial score (nSPS) is 12.6. The molecule has 0 bridgehead atoms. The number of anilines is 1. The summed E-state index contributed by atoms with van der Waals surface area (Å²) in [7, 11) is -3.77. The topological polar surface area (TPSA) is 84.0 Å². The Hall–Kier alpha value is -1.44. The van der Waals surface area contributed by atoms with E-state index in [0.29, 0.717) is 11.0 Å². The molecule has 2 rings (SSSR count). The standard InChI is InChI=1S/C12H15ClN4O2S/c1-12(2,3)17-20(18,19)16-11-10(13)14-8-6-4-5-7-9(8)15-11/h4-7,17H,1-3H3,(H,15,16). The van der Waals surface area contributed by atoms with Crippen LogP contribution in [-0.2, 0) is 10.2 Å². The van der Waals surface area contributed by atoms with Crippen molar-refractivity contribution in [3.05, 3.63) is 29.4 Å². The van der Waals surface area contributed by atoms with Gasteiger partial charge in [-0.3, -0.25) is 4.72 Å². The smallest absolute Gasteiger partial charge is 0.252 e. The second-order valence-corrected chi connectivity index (χ2v) is 7.08. The lowest BCUT2D eigenvalue weighted by Crippen LogP contribution is -2.43. The van der Waals surface area contributed by atoms with E-state index in [1.165, 1.54) is 0 Å². The number of hydrogen-bond donors (Lipinski definition) is 2. The van der Waals surface area contributed by atoms with Crippen LogP contribution in [0, 0.1) is 0 Å². The molecule has 1 aromatic carbocycles. The highest BCUT2D eigenvalue weighted by Gasteiger charge is 2.21. The monoisotopic (exact) mass is 314 g/mol. The van der Waals surface area contributed by atoms with Crippen molar-refractivity contribution in [3.8, 4) is 0 Å². The van der Waals surface area contributed by atoms with Gasteiger partial charge in [0, 0.05) is 5.54 Å². The van der Waals surface area contributed by atoms with Gasteiger partial charge in [0.1, 0.15) is 0 Å². The van der Waals surface area contributed by atoms with Crippen molar-refractivity contribution in [2.45, 2.75) is 26.3 Å². The van der Waals surface area contributed by atoms with Crippen molar-refractivity contribution >= 4 is 38.7 Å². The van der Waals surface area contributed by atoms with Crippen LogP contribution in [0.2, 0.25) is 5.15 Å². The van der Waals surface area contributed by atoms with Crippen LogP contribution >= 0.6 is 11.6 Å². The summed E-state index contributed by atoms with van der Waals surface area (Å²) in [6.45, 7) is 5.21. The first-order valence-electron chi connectivity index (χ1n) is 5.90. The van der Waals surface area contributed by atoms with Gasteiger partial charge in [-0.1, -0.05) is 23.7 Å². The zero-order chi connectivity index (χ0) is 15.0. The highest BCUT2D eigenvalue weighted by molar-refractivity contribution is 7.90. The molecule has 6 nitrogen and oxygen atoms in total. The van der Waals surface area contributed by atoms with Crippen molar-refractivity contribution in [2.75, 3.05) is 4.72 Å². The molecule has 0 aliphatic rings. The van der Waals surface area contributed by atoms with Crippen LogP contribution in [0.25, 0.3) is 11.0 Å². The van der Waals surface area contributed by atoms with Gasteiger partial charge < -0.3 is 0 Å². The van der Waals surface area contributed by atoms with Crippen molar-refractivity contribution < 1.29 is 8.42 Å². The third kappa shape index (κ3) is 3.78. The summed E-state index contributed by atoms with van der Waals surface area (Å²) < 4.78 is 28.7. The summed E-state index contributed by atoms with van der Waals surface area (Å²) >= 11 is 5.95. The fourth-order valence-electron chi connectivity index (χ4n) is 1.60. The molecule has 0 unspecified atom stereocenters. The van der Waals surface area contributed by atoms with Gasteiger partial charge in [-0.05, 0) is 32.9 Å². The average molecular weight is 315 g/mol. The summed E-state index contributed by atoms with van der Waals surface area (Å²) in [6.07, 6.45) is 0. The molecule has 20 heavy (non-hydrogen) atoms.